The summed E-state index contributed by atoms with van der Waals surface area (Å²) in [5.41, 5.74) is 0. The first-order valence-corrected chi connectivity index (χ1v) is 6.53. The van der Waals surface area contributed by atoms with Crippen LogP contribution in [0.3, 0.4) is 0 Å². The van der Waals surface area contributed by atoms with Crippen molar-refractivity contribution >= 4 is 17.5 Å². The van der Waals surface area contributed by atoms with Crippen molar-refractivity contribution < 1.29 is 13.6 Å². The number of hydrogen-bond acceptors (Lipinski definition) is 4. The molecule has 0 aliphatic heterocycles. The Morgan fingerprint density at radius 3 is 2.35 bits per heavy atom. The van der Waals surface area contributed by atoms with Crippen molar-refractivity contribution in [2.75, 3.05) is 30.8 Å². The zero-order chi connectivity index (χ0) is 15.3. The minimum atomic E-state index is -0.833. The van der Waals surface area contributed by atoms with Crippen molar-refractivity contribution in [2.24, 2.45) is 0 Å². The van der Waals surface area contributed by atoms with Gasteiger partial charge in [0.15, 0.2) is 23.3 Å². The van der Waals surface area contributed by atoms with Crippen LogP contribution in [0.1, 0.15) is 20.8 Å². The smallest absolute Gasteiger partial charge is 0.244 e. The molecule has 1 atom stereocenters. The highest BCUT2D eigenvalue weighted by Crippen LogP contribution is 2.19. The van der Waals surface area contributed by atoms with Crippen molar-refractivity contribution in [1.82, 2.24) is 9.88 Å². The normalized spacial score (nSPS) is 11.9. The molecule has 1 unspecified atom stereocenters. The second-order valence-electron chi connectivity index (χ2n) is 4.28. The van der Waals surface area contributed by atoms with Gasteiger partial charge in [-0.15, -0.1) is 0 Å². The molecule has 0 radical (unpaired) electrons. The van der Waals surface area contributed by atoms with Crippen LogP contribution in [0, 0.1) is 11.6 Å². The number of pyridine rings is 1. The largest absolute Gasteiger partial charge is 0.371 e. The Hall–Kier alpha value is -1.92. The second kappa shape index (κ2) is 7.02. The standard InChI is InChI=1S/C13H20F2N4O/c1-5-19(6-2)13(20)8(3)17-12-10(15)7-9(14)11(16-4)18-12/h7-8H,5-6H2,1-4H3,(H2,16,17,18). The van der Waals surface area contributed by atoms with Gasteiger partial charge < -0.3 is 15.5 Å². The maximum absolute atomic E-state index is 13.6. The van der Waals surface area contributed by atoms with Gasteiger partial charge in [-0.05, 0) is 20.8 Å². The SMILES string of the molecule is CCN(CC)C(=O)C(C)Nc1nc(NC)c(F)cc1F. The lowest BCUT2D eigenvalue weighted by Crippen LogP contribution is -2.41. The van der Waals surface area contributed by atoms with Crippen molar-refractivity contribution in [3.63, 3.8) is 0 Å². The molecule has 0 spiro atoms. The van der Waals surface area contributed by atoms with Gasteiger partial charge in [0.2, 0.25) is 5.91 Å². The quantitative estimate of drug-likeness (QED) is 0.840. The summed E-state index contributed by atoms with van der Waals surface area (Å²) < 4.78 is 26.9. The second-order valence-corrected chi connectivity index (χ2v) is 4.28. The topological polar surface area (TPSA) is 57.3 Å². The molecule has 0 saturated carbocycles. The maximum Gasteiger partial charge on any atom is 0.244 e. The van der Waals surface area contributed by atoms with Crippen molar-refractivity contribution in [3.8, 4) is 0 Å². The Morgan fingerprint density at radius 1 is 1.30 bits per heavy atom. The molecule has 0 bridgehead atoms. The Labute approximate surface area is 117 Å². The predicted octanol–water partition coefficient (Wildman–Crippen LogP) is 2.07. The van der Waals surface area contributed by atoms with E-state index < -0.39 is 17.7 Å². The first-order valence-electron chi connectivity index (χ1n) is 6.53. The monoisotopic (exact) mass is 286 g/mol. The van der Waals surface area contributed by atoms with E-state index in [1.807, 2.05) is 13.8 Å². The molecule has 5 nitrogen and oxygen atoms in total. The van der Waals surface area contributed by atoms with E-state index in [1.54, 1.807) is 11.8 Å². The molecular weight excluding hydrogens is 266 g/mol. The fourth-order valence-electron chi connectivity index (χ4n) is 1.82. The van der Waals surface area contributed by atoms with Gasteiger partial charge in [-0.25, -0.2) is 13.8 Å². The number of halogens is 2. The number of aromatic nitrogens is 1. The van der Waals surface area contributed by atoms with Gasteiger partial charge in [0.05, 0.1) is 0 Å². The number of amides is 1. The third kappa shape index (κ3) is 3.55. The third-order valence-electron chi connectivity index (χ3n) is 2.97. The summed E-state index contributed by atoms with van der Waals surface area (Å²) in [4.78, 5) is 17.5. The zero-order valence-electron chi connectivity index (χ0n) is 12.1. The van der Waals surface area contributed by atoms with Crippen molar-refractivity contribution in [1.29, 1.82) is 0 Å². The number of rotatable bonds is 6. The molecule has 1 aromatic rings. The summed E-state index contributed by atoms with van der Waals surface area (Å²) in [5.74, 6) is -1.99. The predicted molar refractivity (Wildman–Crippen MR) is 74.7 cm³/mol. The molecular formula is C13H20F2N4O. The fraction of sp³-hybridized carbons (Fsp3) is 0.538. The highest BCUT2D eigenvalue weighted by atomic mass is 19.1. The lowest BCUT2D eigenvalue weighted by atomic mass is 10.2. The van der Waals surface area contributed by atoms with Gasteiger partial charge in [0, 0.05) is 26.2 Å². The molecule has 0 aliphatic rings. The Balaban J connectivity index is 2.90. The van der Waals surface area contributed by atoms with Gasteiger partial charge in [-0.3, -0.25) is 4.79 Å². The van der Waals surface area contributed by atoms with E-state index >= 15 is 0 Å². The molecule has 0 aromatic carbocycles. The molecule has 20 heavy (non-hydrogen) atoms. The Kier molecular flexibility index (Phi) is 5.66. The van der Waals surface area contributed by atoms with E-state index in [0.717, 1.165) is 6.07 Å². The Bertz CT molecular complexity index is 478. The third-order valence-corrected chi connectivity index (χ3v) is 2.97. The molecule has 112 valence electrons. The van der Waals surface area contributed by atoms with E-state index in [-0.39, 0.29) is 17.5 Å². The molecule has 1 heterocycles. The van der Waals surface area contributed by atoms with Crippen LogP contribution in [-0.4, -0.2) is 42.0 Å². The molecule has 0 saturated heterocycles. The molecule has 2 N–H and O–H groups in total. The molecule has 7 heteroatoms. The highest BCUT2D eigenvalue weighted by molar-refractivity contribution is 5.84. The van der Waals surface area contributed by atoms with Crippen LogP contribution >= 0.6 is 0 Å². The molecule has 0 fully saturated rings. The fourth-order valence-corrected chi connectivity index (χ4v) is 1.82. The van der Waals surface area contributed by atoms with E-state index in [2.05, 4.69) is 15.6 Å². The summed E-state index contributed by atoms with van der Waals surface area (Å²) in [7, 11) is 1.48. The zero-order valence-corrected chi connectivity index (χ0v) is 12.1. The van der Waals surface area contributed by atoms with Crippen LogP contribution in [-0.2, 0) is 4.79 Å². The van der Waals surface area contributed by atoms with Crippen LogP contribution < -0.4 is 10.6 Å². The van der Waals surface area contributed by atoms with Gasteiger partial charge in [-0.1, -0.05) is 0 Å². The van der Waals surface area contributed by atoms with Gasteiger partial charge >= 0.3 is 0 Å². The number of carbonyl (C=O) groups excluding carboxylic acids is 1. The average Bonchev–Trinajstić information content (AvgIpc) is 2.42. The number of anilines is 2. The maximum atomic E-state index is 13.6. The van der Waals surface area contributed by atoms with Gasteiger partial charge in [0.25, 0.3) is 0 Å². The lowest BCUT2D eigenvalue weighted by Gasteiger charge is -2.24. The van der Waals surface area contributed by atoms with Crippen LogP contribution in [0.25, 0.3) is 0 Å². The van der Waals surface area contributed by atoms with Gasteiger partial charge in [-0.2, -0.15) is 0 Å². The van der Waals surface area contributed by atoms with Crippen LogP contribution in [0.5, 0.6) is 0 Å². The lowest BCUT2D eigenvalue weighted by molar-refractivity contribution is -0.131. The number of hydrogen-bond donors (Lipinski definition) is 2. The summed E-state index contributed by atoms with van der Waals surface area (Å²) in [6, 6.07) is 0.0857. The summed E-state index contributed by atoms with van der Waals surface area (Å²) in [6.07, 6.45) is 0. The first-order chi connectivity index (χ1) is 9.44. The molecule has 1 aromatic heterocycles. The number of carbonyl (C=O) groups is 1. The van der Waals surface area contributed by atoms with E-state index in [9.17, 15) is 13.6 Å². The van der Waals surface area contributed by atoms with Crippen LogP contribution in [0.15, 0.2) is 6.07 Å². The van der Waals surface area contributed by atoms with Crippen molar-refractivity contribution in [3.05, 3.63) is 17.7 Å². The van der Waals surface area contributed by atoms with Crippen LogP contribution in [0.2, 0.25) is 0 Å². The molecule has 0 aliphatic carbocycles. The highest BCUT2D eigenvalue weighted by Gasteiger charge is 2.20. The number of nitrogens with one attached hydrogen (secondary N) is 2. The van der Waals surface area contributed by atoms with Crippen LogP contribution in [0.4, 0.5) is 20.4 Å². The molecule has 1 rings (SSSR count). The van der Waals surface area contributed by atoms with E-state index in [1.165, 1.54) is 7.05 Å². The Morgan fingerprint density at radius 2 is 1.85 bits per heavy atom. The summed E-state index contributed by atoms with van der Waals surface area (Å²) >= 11 is 0. The van der Waals surface area contributed by atoms with E-state index in [4.69, 9.17) is 0 Å². The average molecular weight is 286 g/mol. The van der Waals surface area contributed by atoms with E-state index in [0.29, 0.717) is 13.1 Å². The molecule has 1 amide bonds. The summed E-state index contributed by atoms with van der Waals surface area (Å²) in [6.45, 7) is 6.49. The van der Waals surface area contributed by atoms with Gasteiger partial charge in [0.1, 0.15) is 6.04 Å². The first kappa shape index (κ1) is 16.1. The van der Waals surface area contributed by atoms with Crippen molar-refractivity contribution in [2.45, 2.75) is 26.8 Å². The minimum Gasteiger partial charge on any atom is -0.371 e. The number of likely N-dealkylation sites (N-methyl/N-ethyl adjacent to an activating group) is 1. The number of nitrogens with zero attached hydrogens (tertiary/aromatic N) is 2. The minimum absolute atomic E-state index is 0.0728. The summed E-state index contributed by atoms with van der Waals surface area (Å²) in [5, 5.41) is 5.20.